The van der Waals surface area contributed by atoms with Crippen LogP contribution in [0.4, 0.5) is 5.69 Å². The van der Waals surface area contributed by atoms with E-state index in [-0.39, 0.29) is 17.9 Å². The molecule has 21 heavy (non-hydrogen) atoms. The Kier molecular flexibility index (Phi) is 5.11. The summed E-state index contributed by atoms with van der Waals surface area (Å²) in [6.07, 6.45) is 0.890. The molecule has 0 radical (unpaired) electrons. The summed E-state index contributed by atoms with van der Waals surface area (Å²) in [5, 5.41) is 7.56. The Bertz CT molecular complexity index is 606. The molecule has 0 aliphatic heterocycles. The van der Waals surface area contributed by atoms with Crippen molar-refractivity contribution in [1.29, 1.82) is 0 Å². The van der Waals surface area contributed by atoms with Crippen molar-refractivity contribution in [2.45, 2.75) is 26.3 Å². The van der Waals surface area contributed by atoms with E-state index in [1.807, 2.05) is 25.3 Å². The highest BCUT2D eigenvalue weighted by Crippen LogP contribution is 2.14. The number of carbonyl (C=O) groups is 2. The Morgan fingerprint density at radius 1 is 1.14 bits per heavy atom. The van der Waals surface area contributed by atoms with Gasteiger partial charge in [0.25, 0.3) is 11.8 Å². The van der Waals surface area contributed by atoms with Gasteiger partial charge in [-0.1, -0.05) is 13.0 Å². The van der Waals surface area contributed by atoms with Gasteiger partial charge < -0.3 is 10.6 Å². The van der Waals surface area contributed by atoms with Crippen LogP contribution in [0.15, 0.2) is 41.8 Å². The first kappa shape index (κ1) is 15.3. The number of amides is 2. The summed E-state index contributed by atoms with van der Waals surface area (Å²) in [5.74, 6) is -0.234. The molecule has 0 aliphatic rings. The van der Waals surface area contributed by atoms with E-state index in [4.69, 9.17) is 0 Å². The van der Waals surface area contributed by atoms with Crippen LogP contribution in [0.25, 0.3) is 0 Å². The Labute approximate surface area is 128 Å². The van der Waals surface area contributed by atoms with Gasteiger partial charge in [-0.05, 0) is 49.1 Å². The van der Waals surface area contributed by atoms with Gasteiger partial charge in [0.2, 0.25) is 0 Å². The summed E-state index contributed by atoms with van der Waals surface area (Å²) >= 11 is 1.39. The number of hydrogen-bond donors (Lipinski definition) is 2. The third kappa shape index (κ3) is 4.16. The summed E-state index contributed by atoms with van der Waals surface area (Å²) in [6, 6.07) is 10.6. The van der Waals surface area contributed by atoms with E-state index in [1.54, 1.807) is 30.3 Å². The molecule has 0 fully saturated rings. The molecule has 110 valence electrons. The summed E-state index contributed by atoms with van der Waals surface area (Å²) in [5.41, 5.74) is 1.26. The van der Waals surface area contributed by atoms with E-state index in [1.165, 1.54) is 11.3 Å². The average molecular weight is 302 g/mol. The van der Waals surface area contributed by atoms with E-state index in [0.717, 1.165) is 6.42 Å². The Morgan fingerprint density at radius 2 is 1.86 bits per heavy atom. The average Bonchev–Trinajstić information content (AvgIpc) is 3.02. The molecule has 1 heterocycles. The largest absolute Gasteiger partial charge is 0.350 e. The third-order valence-electron chi connectivity index (χ3n) is 3.14. The molecule has 2 aromatic rings. The molecule has 0 saturated carbocycles. The van der Waals surface area contributed by atoms with E-state index >= 15 is 0 Å². The molecule has 0 spiro atoms. The molecule has 1 aromatic heterocycles. The maximum atomic E-state index is 11.9. The Morgan fingerprint density at radius 3 is 2.43 bits per heavy atom. The van der Waals surface area contributed by atoms with Gasteiger partial charge in [-0.2, -0.15) is 0 Å². The molecule has 1 atom stereocenters. The highest BCUT2D eigenvalue weighted by molar-refractivity contribution is 7.12. The normalized spacial score (nSPS) is 11.7. The number of rotatable bonds is 5. The monoisotopic (exact) mass is 302 g/mol. The van der Waals surface area contributed by atoms with Crippen LogP contribution in [0.5, 0.6) is 0 Å². The van der Waals surface area contributed by atoms with Crippen LogP contribution in [0.2, 0.25) is 0 Å². The number of hydrogen-bond acceptors (Lipinski definition) is 3. The van der Waals surface area contributed by atoms with E-state index in [2.05, 4.69) is 10.6 Å². The summed E-state index contributed by atoms with van der Waals surface area (Å²) in [4.78, 5) is 24.5. The fraction of sp³-hybridized carbons (Fsp3) is 0.250. The number of anilines is 1. The second-order valence-corrected chi connectivity index (χ2v) is 5.74. The van der Waals surface area contributed by atoms with Gasteiger partial charge in [-0.3, -0.25) is 9.59 Å². The zero-order chi connectivity index (χ0) is 15.2. The van der Waals surface area contributed by atoms with Crippen molar-refractivity contribution in [2.75, 3.05) is 5.32 Å². The molecule has 1 aromatic carbocycles. The molecule has 0 saturated heterocycles. The van der Waals surface area contributed by atoms with Crippen molar-refractivity contribution < 1.29 is 9.59 Å². The zero-order valence-corrected chi connectivity index (χ0v) is 12.9. The molecule has 1 unspecified atom stereocenters. The first-order valence-electron chi connectivity index (χ1n) is 6.86. The molecule has 2 amide bonds. The molecule has 4 nitrogen and oxygen atoms in total. The van der Waals surface area contributed by atoms with Crippen LogP contribution in [0, 0.1) is 0 Å². The number of thiophene rings is 1. The van der Waals surface area contributed by atoms with Crippen LogP contribution < -0.4 is 10.6 Å². The maximum absolute atomic E-state index is 11.9. The number of benzene rings is 1. The molecular formula is C16H18N2O2S. The van der Waals surface area contributed by atoms with Crippen LogP contribution in [-0.2, 0) is 0 Å². The lowest BCUT2D eigenvalue weighted by Gasteiger charge is -2.11. The predicted molar refractivity (Wildman–Crippen MR) is 85.9 cm³/mol. The van der Waals surface area contributed by atoms with E-state index < -0.39 is 0 Å². The van der Waals surface area contributed by atoms with Crippen LogP contribution in [0.1, 0.15) is 40.3 Å². The summed E-state index contributed by atoms with van der Waals surface area (Å²) in [6.45, 7) is 3.99. The van der Waals surface area contributed by atoms with Crippen molar-refractivity contribution in [3.05, 3.63) is 52.2 Å². The minimum absolute atomic E-state index is 0.0968. The van der Waals surface area contributed by atoms with Crippen LogP contribution in [0.3, 0.4) is 0 Å². The zero-order valence-electron chi connectivity index (χ0n) is 12.1. The van der Waals surface area contributed by atoms with Crippen molar-refractivity contribution in [3.8, 4) is 0 Å². The van der Waals surface area contributed by atoms with Gasteiger partial charge in [-0.15, -0.1) is 11.3 Å². The Hall–Kier alpha value is -2.14. The molecular weight excluding hydrogens is 284 g/mol. The molecule has 2 rings (SSSR count). The van der Waals surface area contributed by atoms with Gasteiger partial charge in [-0.25, -0.2) is 0 Å². The second-order valence-electron chi connectivity index (χ2n) is 4.79. The second kappa shape index (κ2) is 7.04. The van der Waals surface area contributed by atoms with Crippen molar-refractivity contribution in [1.82, 2.24) is 5.32 Å². The van der Waals surface area contributed by atoms with Crippen molar-refractivity contribution in [3.63, 3.8) is 0 Å². The van der Waals surface area contributed by atoms with E-state index in [0.29, 0.717) is 16.1 Å². The van der Waals surface area contributed by atoms with Gasteiger partial charge >= 0.3 is 0 Å². The van der Waals surface area contributed by atoms with Gasteiger partial charge in [0.05, 0.1) is 4.88 Å². The van der Waals surface area contributed by atoms with Gasteiger partial charge in [0, 0.05) is 17.3 Å². The highest BCUT2D eigenvalue weighted by atomic mass is 32.1. The fourth-order valence-electron chi connectivity index (χ4n) is 1.71. The number of nitrogens with one attached hydrogen (secondary N) is 2. The molecule has 2 N–H and O–H groups in total. The maximum Gasteiger partial charge on any atom is 0.265 e. The molecule has 0 aliphatic carbocycles. The van der Waals surface area contributed by atoms with Crippen LogP contribution >= 0.6 is 11.3 Å². The minimum Gasteiger partial charge on any atom is -0.350 e. The fourth-order valence-corrected chi connectivity index (χ4v) is 2.33. The Balaban J connectivity index is 1.99. The van der Waals surface area contributed by atoms with Crippen molar-refractivity contribution >= 4 is 28.8 Å². The van der Waals surface area contributed by atoms with Crippen molar-refractivity contribution in [2.24, 2.45) is 0 Å². The third-order valence-corrected chi connectivity index (χ3v) is 4.01. The lowest BCUT2D eigenvalue weighted by Crippen LogP contribution is -2.31. The topological polar surface area (TPSA) is 58.2 Å². The SMILES string of the molecule is CCC(C)NC(=O)c1ccc(NC(=O)c2cccs2)cc1. The first-order chi connectivity index (χ1) is 10.1. The predicted octanol–water partition coefficient (Wildman–Crippen LogP) is 3.53. The number of carbonyl (C=O) groups excluding carboxylic acids is 2. The van der Waals surface area contributed by atoms with Gasteiger partial charge in [0.1, 0.15) is 0 Å². The minimum atomic E-state index is -0.137. The molecule has 0 bridgehead atoms. The van der Waals surface area contributed by atoms with Crippen LogP contribution in [-0.4, -0.2) is 17.9 Å². The molecule has 5 heteroatoms. The quantitative estimate of drug-likeness (QED) is 0.887. The summed E-state index contributed by atoms with van der Waals surface area (Å²) < 4.78 is 0. The lowest BCUT2D eigenvalue weighted by atomic mass is 10.1. The highest BCUT2D eigenvalue weighted by Gasteiger charge is 2.10. The smallest absolute Gasteiger partial charge is 0.265 e. The first-order valence-corrected chi connectivity index (χ1v) is 7.74. The lowest BCUT2D eigenvalue weighted by molar-refractivity contribution is 0.0938. The summed E-state index contributed by atoms with van der Waals surface area (Å²) in [7, 11) is 0. The van der Waals surface area contributed by atoms with Gasteiger partial charge in [0.15, 0.2) is 0 Å². The van der Waals surface area contributed by atoms with E-state index in [9.17, 15) is 9.59 Å². The standard InChI is InChI=1S/C16H18N2O2S/c1-3-11(2)17-15(19)12-6-8-13(9-7-12)18-16(20)14-5-4-10-21-14/h4-11H,3H2,1-2H3,(H,17,19)(H,18,20).